The molecule has 5 aromatic rings. The van der Waals surface area contributed by atoms with E-state index in [4.69, 9.17) is 46.4 Å². The van der Waals surface area contributed by atoms with Gasteiger partial charge in [-0.05, 0) is 111 Å². The van der Waals surface area contributed by atoms with E-state index in [-0.39, 0.29) is 50.0 Å². The van der Waals surface area contributed by atoms with Crippen LogP contribution in [0.4, 0.5) is 34.1 Å². The van der Waals surface area contributed by atoms with Crippen molar-refractivity contribution in [2.45, 2.75) is 51.5 Å². The number of amides is 4. The molecule has 0 saturated heterocycles. The van der Waals surface area contributed by atoms with Crippen LogP contribution in [0.15, 0.2) is 118 Å². The second-order valence-electron chi connectivity index (χ2n) is 13.8. The van der Waals surface area contributed by atoms with Crippen LogP contribution in [0, 0.1) is 13.8 Å². The maximum absolute atomic E-state index is 13.4. The summed E-state index contributed by atoms with van der Waals surface area (Å²) in [4.78, 5) is 78.1. The molecule has 0 aliphatic heterocycles. The van der Waals surface area contributed by atoms with Gasteiger partial charge < -0.3 is 21.3 Å². The number of hydrogen-bond donors (Lipinski definition) is 4. The number of anilines is 4. The minimum absolute atomic E-state index is 0.0488. The number of carbonyl (C=O) groups is 6. The number of nitrogens with one attached hydrogen (secondary N) is 4. The molecule has 0 aliphatic carbocycles. The van der Waals surface area contributed by atoms with Crippen molar-refractivity contribution < 1.29 is 28.8 Å². The zero-order chi connectivity index (χ0) is 45.1. The normalized spacial score (nSPS) is 12.1. The van der Waals surface area contributed by atoms with Gasteiger partial charge in [0, 0.05) is 34.5 Å². The van der Waals surface area contributed by atoms with Crippen molar-refractivity contribution in [3.8, 4) is 0 Å². The number of carbonyl (C=O) groups excluding carboxylic acids is 6. The first-order chi connectivity index (χ1) is 29.6. The molecule has 0 aliphatic rings. The number of nitrogens with zero attached hydrogens (tertiary/aromatic N) is 4. The third-order valence-corrected chi connectivity index (χ3v) is 10.4. The number of hydrogen-bond acceptors (Lipinski definition) is 10. The van der Waals surface area contributed by atoms with Crippen LogP contribution in [-0.2, 0) is 30.9 Å². The Morgan fingerprint density at radius 1 is 0.532 bits per heavy atom. The molecule has 62 heavy (non-hydrogen) atoms. The van der Waals surface area contributed by atoms with Crippen molar-refractivity contribution in [2.24, 2.45) is 20.5 Å². The van der Waals surface area contributed by atoms with Gasteiger partial charge in [0.2, 0.25) is 12.1 Å². The highest BCUT2D eigenvalue weighted by atomic mass is 35.5. The average Bonchev–Trinajstić information content (AvgIpc) is 3.23. The number of aryl methyl sites for hydroxylation is 2. The molecule has 0 bridgehead atoms. The summed E-state index contributed by atoms with van der Waals surface area (Å²) in [5.74, 6) is -3.37. The van der Waals surface area contributed by atoms with Crippen LogP contribution in [0.5, 0.6) is 0 Å². The van der Waals surface area contributed by atoms with Gasteiger partial charge in [-0.3, -0.25) is 28.8 Å². The Kier molecular flexibility index (Phi) is 16.2. The molecule has 5 rings (SSSR count). The van der Waals surface area contributed by atoms with Gasteiger partial charge in [0.1, 0.15) is 11.4 Å². The maximum Gasteiger partial charge on any atom is 0.258 e. The van der Waals surface area contributed by atoms with Gasteiger partial charge in [-0.25, -0.2) is 0 Å². The molecule has 0 aromatic heterocycles. The smallest absolute Gasteiger partial charge is 0.258 e. The lowest BCUT2D eigenvalue weighted by atomic mass is 10.1. The van der Waals surface area contributed by atoms with E-state index >= 15 is 0 Å². The number of ketones is 2. The predicted octanol–water partition coefficient (Wildman–Crippen LogP) is 11.0. The summed E-state index contributed by atoms with van der Waals surface area (Å²) in [7, 11) is 0. The van der Waals surface area contributed by atoms with E-state index in [1.54, 1.807) is 62.4 Å². The molecular weight excluding hydrogens is 878 g/mol. The van der Waals surface area contributed by atoms with Crippen molar-refractivity contribution in [2.75, 3.05) is 21.3 Å². The number of rotatable bonds is 16. The van der Waals surface area contributed by atoms with Crippen LogP contribution in [0.1, 0.15) is 56.8 Å². The van der Waals surface area contributed by atoms with Gasteiger partial charge in [0.25, 0.3) is 23.6 Å². The molecule has 14 nitrogen and oxygen atoms in total. The summed E-state index contributed by atoms with van der Waals surface area (Å²) >= 11 is 24.9. The first-order valence-corrected chi connectivity index (χ1v) is 20.5. The highest BCUT2D eigenvalue weighted by Gasteiger charge is 2.27. The summed E-state index contributed by atoms with van der Waals surface area (Å²) in [6, 6.07) is 22.9. The van der Waals surface area contributed by atoms with Crippen LogP contribution < -0.4 is 21.3 Å². The first-order valence-electron chi connectivity index (χ1n) is 18.6. The number of azo groups is 2. The van der Waals surface area contributed by atoms with E-state index in [1.807, 2.05) is 12.1 Å². The fraction of sp³-hybridized carbons (Fsp3) is 0.182. The number of Topliss-reactive ketones (excluding diaryl/α,β-unsaturated/α-hetero) is 2. The topological polar surface area (TPSA) is 200 Å². The molecule has 4 N–H and O–H groups in total. The Morgan fingerprint density at radius 2 is 0.935 bits per heavy atom. The van der Waals surface area contributed by atoms with E-state index in [0.29, 0.717) is 28.2 Å². The van der Waals surface area contributed by atoms with Crippen LogP contribution in [0.25, 0.3) is 0 Å². The second-order valence-corrected chi connectivity index (χ2v) is 15.1. The minimum Gasteiger partial charge on any atom is -0.324 e. The van der Waals surface area contributed by atoms with Crippen molar-refractivity contribution in [3.63, 3.8) is 0 Å². The number of benzene rings is 5. The summed E-state index contributed by atoms with van der Waals surface area (Å²) in [5.41, 5.74) is 4.47. The molecule has 5 aromatic carbocycles. The molecule has 2 atom stereocenters. The quantitative estimate of drug-likeness (QED) is 0.0431. The van der Waals surface area contributed by atoms with E-state index in [1.165, 1.54) is 50.2 Å². The summed E-state index contributed by atoms with van der Waals surface area (Å²) in [6.45, 7) is 5.67. The monoisotopic (exact) mass is 914 g/mol. The van der Waals surface area contributed by atoms with Crippen LogP contribution in [-0.4, -0.2) is 47.3 Å². The summed E-state index contributed by atoms with van der Waals surface area (Å²) in [5, 5.41) is 26.8. The molecule has 0 heterocycles. The van der Waals surface area contributed by atoms with Crippen LogP contribution >= 0.6 is 46.4 Å². The molecule has 18 heteroatoms. The first kappa shape index (κ1) is 46.7. The van der Waals surface area contributed by atoms with Crippen molar-refractivity contribution in [1.29, 1.82) is 0 Å². The molecular formula is C44H38Cl4N8O6. The van der Waals surface area contributed by atoms with Gasteiger partial charge in [0.15, 0.2) is 11.6 Å². The SMILES string of the molecule is CC(=O)C(N=Nc1cccc(C(=O)Nc2cccc(CCl)c2)c1Cl)C(=O)Nc1cc(C)c(NC(=O)C(N=Nc2cccc(C(=O)Nc3cccc(CCl)c3)c2Cl)C(C)=O)c(C)c1. The third kappa shape index (κ3) is 11.9. The zero-order valence-corrected chi connectivity index (χ0v) is 36.6. The maximum atomic E-state index is 13.4. The van der Waals surface area contributed by atoms with Gasteiger partial charge in [-0.15, -0.1) is 23.2 Å². The summed E-state index contributed by atoms with van der Waals surface area (Å²) in [6.07, 6.45) is 0. The molecule has 2 unspecified atom stereocenters. The second kappa shape index (κ2) is 21.5. The summed E-state index contributed by atoms with van der Waals surface area (Å²) < 4.78 is 0. The molecule has 0 saturated carbocycles. The molecule has 0 spiro atoms. The largest absolute Gasteiger partial charge is 0.324 e. The molecule has 0 fully saturated rings. The third-order valence-electron chi connectivity index (χ3n) is 9.00. The van der Waals surface area contributed by atoms with Crippen LogP contribution in [0.3, 0.4) is 0 Å². The lowest BCUT2D eigenvalue weighted by Gasteiger charge is -2.17. The fourth-order valence-electron chi connectivity index (χ4n) is 5.92. The highest BCUT2D eigenvalue weighted by molar-refractivity contribution is 6.37. The van der Waals surface area contributed by atoms with Crippen molar-refractivity contribution in [3.05, 3.63) is 140 Å². The number of halogens is 4. The lowest BCUT2D eigenvalue weighted by Crippen LogP contribution is -2.33. The number of alkyl halides is 2. The standard InChI is InChI=1S/C44H38Cl4N8O6/c1-23-17-31(51-43(61)39(25(3)57)55-53-34-15-7-13-32(36(34)47)41(59)49-29-11-5-9-27(19-29)21-45)18-24(2)38(23)52-44(62)40(26(4)58)56-54-35-16-8-14-33(37(35)48)42(60)50-30-12-6-10-28(20-30)22-46/h5-20,39-40H,21-22H2,1-4H3,(H,49,59)(H,50,60)(H,51,61)(H,52,62). The Bertz CT molecular complexity index is 2610. The Morgan fingerprint density at radius 3 is 1.34 bits per heavy atom. The Labute approximate surface area is 376 Å². The molecule has 4 amide bonds. The van der Waals surface area contributed by atoms with E-state index in [9.17, 15) is 28.8 Å². The van der Waals surface area contributed by atoms with Crippen molar-refractivity contribution in [1.82, 2.24) is 0 Å². The fourth-order valence-corrected chi connectivity index (χ4v) is 6.75. The van der Waals surface area contributed by atoms with Crippen LogP contribution in [0.2, 0.25) is 10.0 Å². The van der Waals surface area contributed by atoms with Gasteiger partial charge >= 0.3 is 0 Å². The Balaban J connectivity index is 1.26. The van der Waals surface area contributed by atoms with Gasteiger partial charge in [0.05, 0.1) is 21.2 Å². The predicted molar refractivity (Wildman–Crippen MR) is 242 cm³/mol. The van der Waals surface area contributed by atoms with E-state index in [2.05, 4.69) is 41.7 Å². The van der Waals surface area contributed by atoms with Crippen molar-refractivity contribution >= 4 is 116 Å². The molecule has 0 radical (unpaired) electrons. The highest BCUT2D eigenvalue weighted by Crippen LogP contribution is 2.32. The Hall–Kier alpha value is -6.32. The average molecular weight is 917 g/mol. The van der Waals surface area contributed by atoms with E-state index < -0.39 is 47.3 Å². The minimum atomic E-state index is -1.58. The zero-order valence-electron chi connectivity index (χ0n) is 33.6. The van der Waals surface area contributed by atoms with Gasteiger partial charge in [-0.1, -0.05) is 59.6 Å². The lowest BCUT2D eigenvalue weighted by molar-refractivity contribution is -0.127. The van der Waals surface area contributed by atoms with Gasteiger partial charge in [-0.2, -0.15) is 20.5 Å². The van der Waals surface area contributed by atoms with E-state index in [0.717, 1.165) is 11.1 Å². The molecule has 318 valence electrons.